The standard InChI is InChI=1S/C16H20N2S/c17-18-16(14-8-9-19-11-14)10-13-6-3-5-12-4-1-2-7-15(12)13/h1-7,14,16,18H,8-11,17H2. The van der Waals surface area contributed by atoms with E-state index in [1.165, 1.54) is 34.3 Å². The summed E-state index contributed by atoms with van der Waals surface area (Å²) in [4.78, 5) is 0. The van der Waals surface area contributed by atoms with E-state index in [0.29, 0.717) is 12.0 Å². The molecule has 2 aromatic carbocycles. The summed E-state index contributed by atoms with van der Waals surface area (Å²) < 4.78 is 0. The van der Waals surface area contributed by atoms with Crippen LogP contribution in [0.5, 0.6) is 0 Å². The van der Waals surface area contributed by atoms with Gasteiger partial charge in [0.1, 0.15) is 0 Å². The van der Waals surface area contributed by atoms with Crippen molar-refractivity contribution in [3.05, 3.63) is 48.0 Å². The van der Waals surface area contributed by atoms with Gasteiger partial charge in [-0.3, -0.25) is 11.3 Å². The van der Waals surface area contributed by atoms with Crippen molar-refractivity contribution in [3.8, 4) is 0 Å². The molecule has 1 aliphatic heterocycles. The van der Waals surface area contributed by atoms with Gasteiger partial charge in [-0.1, -0.05) is 42.5 Å². The molecule has 100 valence electrons. The first-order valence-corrected chi connectivity index (χ1v) is 8.04. The molecule has 1 saturated heterocycles. The number of benzene rings is 2. The van der Waals surface area contributed by atoms with Gasteiger partial charge in [-0.05, 0) is 46.6 Å². The molecule has 3 rings (SSSR count). The van der Waals surface area contributed by atoms with Crippen molar-refractivity contribution in [3.63, 3.8) is 0 Å². The van der Waals surface area contributed by atoms with Gasteiger partial charge in [0.2, 0.25) is 0 Å². The number of nitrogens with two attached hydrogens (primary N) is 1. The zero-order valence-electron chi connectivity index (χ0n) is 11.0. The van der Waals surface area contributed by atoms with E-state index >= 15 is 0 Å². The van der Waals surface area contributed by atoms with Gasteiger partial charge in [0.15, 0.2) is 0 Å². The third-order valence-corrected chi connectivity index (χ3v) is 5.26. The Kier molecular flexibility index (Phi) is 4.06. The Hall–Kier alpha value is -1.03. The highest BCUT2D eigenvalue weighted by Gasteiger charge is 2.25. The first-order valence-electron chi connectivity index (χ1n) is 6.89. The number of thioether (sulfide) groups is 1. The lowest BCUT2D eigenvalue weighted by molar-refractivity contribution is 0.387. The Bertz CT molecular complexity index is 544. The van der Waals surface area contributed by atoms with Crippen molar-refractivity contribution in [2.75, 3.05) is 11.5 Å². The average Bonchev–Trinajstić information content (AvgIpc) is 2.99. The fourth-order valence-corrected chi connectivity index (χ4v) is 4.28. The highest BCUT2D eigenvalue weighted by molar-refractivity contribution is 7.99. The topological polar surface area (TPSA) is 38.0 Å². The molecule has 0 aliphatic carbocycles. The Morgan fingerprint density at radius 3 is 2.84 bits per heavy atom. The highest BCUT2D eigenvalue weighted by Crippen LogP contribution is 2.29. The maximum Gasteiger partial charge on any atom is 0.0287 e. The zero-order valence-corrected chi connectivity index (χ0v) is 11.8. The Morgan fingerprint density at radius 1 is 1.21 bits per heavy atom. The predicted molar refractivity (Wildman–Crippen MR) is 84.2 cm³/mol. The van der Waals surface area contributed by atoms with Crippen LogP contribution in [0.1, 0.15) is 12.0 Å². The largest absolute Gasteiger partial charge is 0.271 e. The molecule has 0 saturated carbocycles. The fourth-order valence-electron chi connectivity index (χ4n) is 2.94. The number of hydrogen-bond donors (Lipinski definition) is 2. The average molecular weight is 272 g/mol. The molecule has 0 radical (unpaired) electrons. The van der Waals surface area contributed by atoms with Crippen molar-refractivity contribution in [1.82, 2.24) is 5.43 Å². The molecular weight excluding hydrogens is 252 g/mol. The van der Waals surface area contributed by atoms with E-state index in [0.717, 1.165) is 6.42 Å². The molecule has 19 heavy (non-hydrogen) atoms. The van der Waals surface area contributed by atoms with Crippen LogP contribution in [0.15, 0.2) is 42.5 Å². The molecule has 0 amide bonds. The number of hydrazine groups is 1. The maximum absolute atomic E-state index is 5.79. The zero-order chi connectivity index (χ0) is 13.1. The van der Waals surface area contributed by atoms with Gasteiger partial charge in [0.05, 0.1) is 0 Å². The van der Waals surface area contributed by atoms with Gasteiger partial charge >= 0.3 is 0 Å². The summed E-state index contributed by atoms with van der Waals surface area (Å²) in [5.41, 5.74) is 4.44. The molecule has 2 aromatic rings. The lowest BCUT2D eigenvalue weighted by Gasteiger charge is -2.22. The second kappa shape index (κ2) is 5.95. The van der Waals surface area contributed by atoms with Gasteiger partial charge in [-0.25, -0.2) is 0 Å². The quantitative estimate of drug-likeness (QED) is 0.664. The van der Waals surface area contributed by atoms with Crippen LogP contribution < -0.4 is 11.3 Å². The van der Waals surface area contributed by atoms with E-state index < -0.39 is 0 Å². The van der Waals surface area contributed by atoms with Gasteiger partial charge in [-0.15, -0.1) is 0 Å². The minimum Gasteiger partial charge on any atom is -0.271 e. The normalized spacial score (nSPS) is 20.8. The van der Waals surface area contributed by atoms with Crippen molar-refractivity contribution in [2.24, 2.45) is 11.8 Å². The van der Waals surface area contributed by atoms with Crippen LogP contribution in [0.4, 0.5) is 0 Å². The molecule has 2 nitrogen and oxygen atoms in total. The number of rotatable bonds is 4. The molecule has 1 fully saturated rings. The van der Waals surface area contributed by atoms with E-state index in [-0.39, 0.29) is 0 Å². The molecule has 2 atom stereocenters. The van der Waals surface area contributed by atoms with E-state index in [9.17, 15) is 0 Å². The van der Waals surface area contributed by atoms with Crippen molar-refractivity contribution in [1.29, 1.82) is 0 Å². The van der Waals surface area contributed by atoms with Gasteiger partial charge in [0, 0.05) is 6.04 Å². The van der Waals surface area contributed by atoms with E-state index in [2.05, 4.69) is 47.9 Å². The van der Waals surface area contributed by atoms with Crippen molar-refractivity contribution in [2.45, 2.75) is 18.9 Å². The summed E-state index contributed by atoms with van der Waals surface area (Å²) in [5, 5.41) is 2.67. The van der Waals surface area contributed by atoms with E-state index in [4.69, 9.17) is 5.84 Å². The Balaban J connectivity index is 1.87. The molecule has 0 spiro atoms. The van der Waals surface area contributed by atoms with E-state index in [1.54, 1.807) is 0 Å². The minimum atomic E-state index is 0.390. The van der Waals surface area contributed by atoms with Gasteiger partial charge in [-0.2, -0.15) is 11.8 Å². The molecule has 1 aliphatic rings. The minimum absolute atomic E-state index is 0.390. The second-order valence-corrected chi connectivity index (χ2v) is 6.39. The monoisotopic (exact) mass is 272 g/mol. The second-order valence-electron chi connectivity index (χ2n) is 5.24. The lowest BCUT2D eigenvalue weighted by atomic mass is 9.91. The third-order valence-electron chi connectivity index (χ3n) is 4.07. The summed E-state index contributed by atoms with van der Waals surface area (Å²) in [7, 11) is 0. The summed E-state index contributed by atoms with van der Waals surface area (Å²) in [6.45, 7) is 0. The van der Waals surface area contributed by atoms with Crippen molar-refractivity contribution < 1.29 is 0 Å². The lowest BCUT2D eigenvalue weighted by Crippen LogP contribution is -2.42. The maximum atomic E-state index is 5.79. The summed E-state index contributed by atoms with van der Waals surface area (Å²) in [6, 6.07) is 15.5. The number of hydrogen-bond acceptors (Lipinski definition) is 3. The Labute approximate surface area is 118 Å². The molecule has 2 unspecified atom stereocenters. The Morgan fingerprint density at radius 2 is 2.05 bits per heavy atom. The first kappa shape index (κ1) is 13.0. The molecular formula is C16H20N2S. The van der Waals surface area contributed by atoms with Gasteiger partial charge in [0.25, 0.3) is 0 Å². The van der Waals surface area contributed by atoms with Crippen LogP contribution in [-0.4, -0.2) is 17.5 Å². The smallest absolute Gasteiger partial charge is 0.0287 e. The molecule has 3 N–H and O–H groups in total. The molecule has 3 heteroatoms. The van der Waals surface area contributed by atoms with Crippen LogP contribution in [0.3, 0.4) is 0 Å². The predicted octanol–water partition coefficient (Wildman–Crippen LogP) is 2.97. The van der Waals surface area contributed by atoms with Gasteiger partial charge < -0.3 is 0 Å². The molecule has 1 heterocycles. The number of nitrogens with one attached hydrogen (secondary N) is 1. The molecule has 0 aromatic heterocycles. The third kappa shape index (κ3) is 2.78. The first-order chi connectivity index (χ1) is 9.38. The SMILES string of the molecule is NNC(Cc1cccc2ccccc12)C1CCSC1. The fraction of sp³-hybridized carbons (Fsp3) is 0.375. The van der Waals surface area contributed by atoms with Crippen LogP contribution in [0.25, 0.3) is 10.8 Å². The van der Waals surface area contributed by atoms with Crippen LogP contribution >= 0.6 is 11.8 Å². The van der Waals surface area contributed by atoms with Crippen LogP contribution in [-0.2, 0) is 6.42 Å². The van der Waals surface area contributed by atoms with Crippen LogP contribution in [0.2, 0.25) is 0 Å². The van der Waals surface area contributed by atoms with E-state index in [1.807, 2.05) is 11.8 Å². The highest BCUT2D eigenvalue weighted by atomic mass is 32.2. The van der Waals surface area contributed by atoms with Crippen molar-refractivity contribution >= 4 is 22.5 Å². The summed E-state index contributed by atoms with van der Waals surface area (Å²) >= 11 is 2.04. The number of fused-ring (bicyclic) bond motifs is 1. The summed E-state index contributed by atoms with van der Waals surface area (Å²) in [5.74, 6) is 9.00. The van der Waals surface area contributed by atoms with Crippen LogP contribution in [0, 0.1) is 5.92 Å². The summed E-state index contributed by atoms with van der Waals surface area (Å²) in [6.07, 6.45) is 2.30. The molecule has 0 bridgehead atoms.